The van der Waals surface area contributed by atoms with Crippen molar-refractivity contribution in [3.05, 3.63) is 72.3 Å². The number of thiazole rings is 1. The van der Waals surface area contributed by atoms with Crippen LogP contribution < -0.4 is 4.90 Å². The number of likely N-dealkylation sites (N-methyl/N-ethyl adjacent to an activating group) is 1. The zero-order valence-corrected chi connectivity index (χ0v) is 15.1. The zero-order chi connectivity index (χ0) is 17.6. The van der Waals surface area contributed by atoms with Gasteiger partial charge in [-0.2, -0.15) is 0 Å². The minimum atomic E-state index is 0.0507. The molecule has 5 heteroatoms. The Bertz CT molecular complexity index is 827. The second-order valence-corrected chi connectivity index (χ2v) is 6.99. The van der Waals surface area contributed by atoms with Gasteiger partial charge in [0, 0.05) is 12.2 Å². The Hall–Kier alpha value is -2.50. The summed E-state index contributed by atoms with van der Waals surface area (Å²) >= 11 is 1.67. The monoisotopic (exact) mass is 351 g/mol. The highest BCUT2D eigenvalue weighted by Crippen LogP contribution is 2.22. The average molecular weight is 351 g/mol. The van der Waals surface area contributed by atoms with Crippen molar-refractivity contribution in [1.29, 1.82) is 0 Å². The van der Waals surface area contributed by atoms with Crippen molar-refractivity contribution in [3.63, 3.8) is 0 Å². The Kier molecular flexibility index (Phi) is 5.58. The third kappa shape index (κ3) is 4.32. The molecule has 0 N–H and O–H groups in total. The molecule has 1 amide bonds. The van der Waals surface area contributed by atoms with Gasteiger partial charge in [-0.1, -0.05) is 36.4 Å². The minimum Gasteiger partial charge on any atom is -0.308 e. The van der Waals surface area contributed by atoms with E-state index < -0.39 is 0 Å². The molecule has 128 valence electrons. The molecule has 0 bridgehead atoms. The van der Waals surface area contributed by atoms with Crippen molar-refractivity contribution in [3.8, 4) is 0 Å². The van der Waals surface area contributed by atoms with E-state index in [9.17, 15) is 4.79 Å². The summed E-state index contributed by atoms with van der Waals surface area (Å²) in [4.78, 5) is 21.1. The maximum atomic E-state index is 12.7. The van der Waals surface area contributed by atoms with E-state index in [4.69, 9.17) is 0 Å². The van der Waals surface area contributed by atoms with Gasteiger partial charge in [0.05, 0.1) is 23.3 Å². The topological polar surface area (TPSA) is 36.4 Å². The van der Waals surface area contributed by atoms with Crippen LogP contribution in [0.5, 0.6) is 0 Å². The predicted octanol–water partition coefficient (Wildman–Crippen LogP) is 3.95. The number of amides is 1. The molecule has 4 nitrogen and oxygen atoms in total. The van der Waals surface area contributed by atoms with Crippen LogP contribution in [0.15, 0.2) is 67.3 Å². The molecule has 1 heterocycles. The molecule has 0 radical (unpaired) electrons. The summed E-state index contributed by atoms with van der Waals surface area (Å²) in [5, 5.41) is 1.02. The van der Waals surface area contributed by atoms with E-state index in [1.807, 2.05) is 60.5 Å². The van der Waals surface area contributed by atoms with Crippen LogP contribution in [0, 0.1) is 0 Å². The summed E-state index contributed by atoms with van der Waals surface area (Å²) in [6.45, 7) is 5.25. The van der Waals surface area contributed by atoms with E-state index >= 15 is 0 Å². The number of carbonyl (C=O) groups excluding carboxylic acids is 1. The molecule has 0 saturated heterocycles. The maximum absolute atomic E-state index is 12.7. The van der Waals surface area contributed by atoms with Crippen molar-refractivity contribution >= 4 is 33.1 Å². The van der Waals surface area contributed by atoms with Gasteiger partial charge in [0.2, 0.25) is 5.91 Å². The van der Waals surface area contributed by atoms with E-state index in [2.05, 4.69) is 17.6 Å². The second-order valence-electron chi connectivity index (χ2n) is 5.88. The highest BCUT2D eigenvalue weighted by atomic mass is 32.1. The largest absolute Gasteiger partial charge is 0.308 e. The highest BCUT2D eigenvalue weighted by Gasteiger charge is 2.17. The lowest BCUT2D eigenvalue weighted by Crippen LogP contribution is -2.39. The third-order valence-corrected chi connectivity index (χ3v) is 4.85. The van der Waals surface area contributed by atoms with Crippen molar-refractivity contribution in [2.75, 3.05) is 25.0 Å². The lowest BCUT2D eigenvalue weighted by molar-refractivity contribution is -0.119. The van der Waals surface area contributed by atoms with Gasteiger partial charge in [-0.15, -0.1) is 17.9 Å². The molecular weight excluding hydrogens is 330 g/mol. The number of aromatic nitrogens is 1. The summed E-state index contributed by atoms with van der Waals surface area (Å²) in [7, 11) is 1.95. The number of para-hydroxylation sites is 2. The standard InChI is InChI=1S/C20H21N3OS/c1-3-13-23(16-9-5-4-6-10-16)20(24)15-22(2)14-19-21-17-11-7-8-12-18(17)25-19/h3-12H,1,13-15H2,2H3. The van der Waals surface area contributed by atoms with Crippen LogP contribution in [0.4, 0.5) is 5.69 Å². The van der Waals surface area contributed by atoms with Gasteiger partial charge in [0.15, 0.2) is 0 Å². The van der Waals surface area contributed by atoms with Gasteiger partial charge < -0.3 is 4.90 Å². The Morgan fingerprint density at radius 3 is 2.60 bits per heavy atom. The first-order chi connectivity index (χ1) is 12.2. The summed E-state index contributed by atoms with van der Waals surface area (Å²) in [5.41, 5.74) is 1.90. The molecule has 0 unspecified atom stereocenters. The summed E-state index contributed by atoms with van der Waals surface area (Å²) < 4.78 is 1.18. The van der Waals surface area contributed by atoms with Crippen LogP contribution in [0.2, 0.25) is 0 Å². The highest BCUT2D eigenvalue weighted by molar-refractivity contribution is 7.18. The van der Waals surface area contributed by atoms with Crippen molar-refractivity contribution in [2.45, 2.75) is 6.54 Å². The third-order valence-electron chi connectivity index (χ3n) is 3.83. The van der Waals surface area contributed by atoms with E-state index in [1.54, 1.807) is 22.3 Å². The summed E-state index contributed by atoms with van der Waals surface area (Å²) in [6, 6.07) is 17.8. The Labute approximate surface area is 152 Å². The number of hydrogen-bond acceptors (Lipinski definition) is 4. The molecule has 3 aromatic rings. The van der Waals surface area contributed by atoms with Gasteiger partial charge in [0.25, 0.3) is 0 Å². The molecule has 0 atom stereocenters. The molecule has 0 aliphatic heterocycles. The minimum absolute atomic E-state index is 0.0507. The van der Waals surface area contributed by atoms with Crippen molar-refractivity contribution in [1.82, 2.24) is 9.88 Å². The predicted molar refractivity (Wildman–Crippen MR) is 105 cm³/mol. The molecule has 0 spiro atoms. The number of benzene rings is 2. The van der Waals surface area contributed by atoms with E-state index in [1.165, 1.54) is 4.70 Å². The zero-order valence-electron chi connectivity index (χ0n) is 14.3. The van der Waals surface area contributed by atoms with E-state index in [0.29, 0.717) is 19.6 Å². The first-order valence-electron chi connectivity index (χ1n) is 8.16. The molecule has 1 aromatic heterocycles. The fourth-order valence-electron chi connectivity index (χ4n) is 2.68. The number of hydrogen-bond donors (Lipinski definition) is 0. The number of carbonyl (C=O) groups is 1. The molecule has 0 saturated carbocycles. The molecule has 0 aliphatic rings. The second kappa shape index (κ2) is 8.05. The van der Waals surface area contributed by atoms with Gasteiger partial charge in [-0.05, 0) is 31.3 Å². The van der Waals surface area contributed by atoms with E-state index in [0.717, 1.165) is 16.2 Å². The first kappa shape index (κ1) is 17.3. The SMILES string of the molecule is C=CCN(C(=O)CN(C)Cc1nc2ccccc2s1)c1ccccc1. The number of nitrogens with zero attached hydrogens (tertiary/aromatic N) is 3. The van der Waals surface area contributed by atoms with Crippen LogP contribution in [0.3, 0.4) is 0 Å². The molecule has 25 heavy (non-hydrogen) atoms. The van der Waals surface area contributed by atoms with E-state index in [-0.39, 0.29) is 5.91 Å². The number of fused-ring (bicyclic) bond motifs is 1. The lowest BCUT2D eigenvalue weighted by atomic mass is 10.2. The molecule has 3 rings (SSSR count). The first-order valence-corrected chi connectivity index (χ1v) is 8.98. The Morgan fingerprint density at radius 1 is 1.16 bits per heavy atom. The normalized spacial score (nSPS) is 11.0. The fourth-order valence-corrected chi connectivity index (χ4v) is 3.73. The lowest BCUT2D eigenvalue weighted by Gasteiger charge is -2.24. The van der Waals surface area contributed by atoms with Crippen LogP contribution >= 0.6 is 11.3 Å². The molecule has 0 fully saturated rings. The average Bonchev–Trinajstić information content (AvgIpc) is 3.02. The Morgan fingerprint density at radius 2 is 1.88 bits per heavy atom. The molecular formula is C20H21N3OS. The van der Waals surface area contributed by atoms with Gasteiger partial charge in [0.1, 0.15) is 5.01 Å². The fraction of sp³-hybridized carbons (Fsp3) is 0.200. The maximum Gasteiger partial charge on any atom is 0.241 e. The van der Waals surface area contributed by atoms with Crippen LogP contribution in [0.1, 0.15) is 5.01 Å². The van der Waals surface area contributed by atoms with Crippen LogP contribution in [0.25, 0.3) is 10.2 Å². The molecule has 2 aromatic carbocycles. The quantitative estimate of drug-likeness (QED) is 0.605. The summed E-state index contributed by atoms with van der Waals surface area (Å²) in [6.07, 6.45) is 1.75. The number of rotatable bonds is 7. The smallest absolute Gasteiger partial charge is 0.241 e. The van der Waals surface area contributed by atoms with Crippen molar-refractivity contribution in [2.24, 2.45) is 0 Å². The Balaban J connectivity index is 1.67. The van der Waals surface area contributed by atoms with Gasteiger partial charge in [-0.3, -0.25) is 9.69 Å². The van der Waals surface area contributed by atoms with Gasteiger partial charge in [-0.25, -0.2) is 4.98 Å². The van der Waals surface area contributed by atoms with Gasteiger partial charge >= 0.3 is 0 Å². The molecule has 0 aliphatic carbocycles. The van der Waals surface area contributed by atoms with Crippen LogP contribution in [-0.4, -0.2) is 35.9 Å². The van der Waals surface area contributed by atoms with Crippen LogP contribution in [-0.2, 0) is 11.3 Å². The number of anilines is 1. The van der Waals surface area contributed by atoms with Crippen molar-refractivity contribution < 1.29 is 4.79 Å². The summed E-state index contributed by atoms with van der Waals surface area (Å²) in [5.74, 6) is 0.0507.